The van der Waals surface area contributed by atoms with E-state index in [1.54, 1.807) is 0 Å². The molecule has 0 atom stereocenters. The molecule has 0 unspecified atom stereocenters. The van der Waals surface area contributed by atoms with Crippen LogP contribution in [0.1, 0.15) is 24.5 Å². The number of halogens is 1. The van der Waals surface area contributed by atoms with Crippen LogP contribution in [0.15, 0.2) is 18.2 Å². The van der Waals surface area contributed by atoms with E-state index in [2.05, 4.69) is 10.6 Å². The van der Waals surface area contributed by atoms with Gasteiger partial charge in [0.2, 0.25) is 5.91 Å². The summed E-state index contributed by atoms with van der Waals surface area (Å²) in [4.78, 5) is 11.6. The number of rotatable bonds is 10. The Labute approximate surface area is 139 Å². The fourth-order valence-electron chi connectivity index (χ4n) is 1.82. The molecule has 1 aromatic carbocycles. The molecular formula is C16H27ClN2O3. The minimum atomic E-state index is 0. The number of aryl methyl sites for hydroxylation is 1. The molecule has 6 heteroatoms. The second kappa shape index (κ2) is 12.3. The second-order valence-corrected chi connectivity index (χ2v) is 4.79. The van der Waals surface area contributed by atoms with Gasteiger partial charge >= 0.3 is 0 Å². The van der Waals surface area contributed by atoms with E-state index in [4.69, 9.17) is 9.47 Å². The zero-order valence-corrected chi connectivity index (χ0v) is 14.4. The van der Waals surface area contributed by atoms with Gasteiger partial charge in [-0.2, -0.15) is 0 Å². The summed E-state index contributed by atoms with van der Waals surface area (Å²) in [5.41, 5.74) is 2.11. The molecule has 0 aliphatic carbocycles. The quantitative estimate of drug-likeness (QED) is 0.645. The average molecular weight is 331 g/mol. The van der Waals surface area contributed by atoms with Crippen LogP contribution in [0.4, 0.5) is 0 Å². The molecular weight excluding hydrogens is 304 g/mol. The molecule has 0 radical (unpaired) electrons. The van der Waals surface area contributed by atoms with Gasteiger partial charge in [0.05, 0.1) is 6.61 Å². The third-order valence-electron chi connectivity index (χ3n) is 2.99. The van der Waals surface area contributed by atoms with Gasteiger partial charge in [0.15, 0.2) is 0 Å². The maximum atomic E-state index is 11.6. The van der Waals surface area contributed by atoms with E-state index in [0.717, 1.165) is 16.9 Å². The van der Waals surface area contributed by atoms with Crippen molar-refractivity contribution < 1.29 is 14.3 Å². The third kappa shape index (κ3) is 8.22. The lowest BCUT2D eigenvalue weighted by atomic mass is 10.1. The Kier molecular flexibility index (Phi) is 11.5. The number of hydrogen-bond acceptors (Lipinski definition) is 4. The molecule has 0 saturated carbocycles. The van der Waals surface area contributed by atoms with Gasteiger partial charge in [-0.15, -0.1) is 12.4 Å². The molecule has 1 rings (SSSR count). The average Bonchev–Trinajstić information content (AvgIpc) is 2.48. The Morgan fingerprint density at radius 3 is 2.73 bits per heavy atom. The second-order valence-electron chi connectivity index (χ2n) is 4.79. The smallest absolute Gasteiger partial charge is 0.221 e. The zero-order chi connectivity index (χ0) is 15.5. The zero-order valence-electron chi connectivity index (χ0n) is 13.6. The van der Waals surface area contributed by atoms with Gasteiger partial charge in [-0.1, -0.05) is 12.1 Å². The molecule has 0 aromatic heterocycles. The first-order valence-electron chi connectivity index (χ1n) is 7.38. The minimum absolute atomic E-state index is 0. The van der Waals surface area contributed by atoms with E-state index in [1.807, 2.05) is 39.1 Å². The number of amides is 1. The lowest BCUT2D eigenvalue weighted by Crippen LogP contribution is -2.26. The molecule has 0 spiro atoms. The van der Waals surface area contributed by atoms with Crippen molar-refractivity contribution in [2.45, 2.75) is 26.8 Å². The maximum Gasteiger partial charge on any atom is 0.221 e. The van der Waals surface area contributed by atoms with Gasteiger partial charge in [-0.3, -0.25) is 4.79 Å². The number of ether oxygens (including phenoxy) is 2. The Balaban J connectivity index is 0.00000441. The molecule has 1 aromatic rings. The van der Waals surface area contributed by atoms with E-state index in [9.17, 15) is 4.79 Å². The summed E-state index contributed by atoms with van der Waals surface area (Å²) in [5.74, 6) is 0.841. The number of benzene rings is 1. The van der Waals surface area contributed by atoms with E-state index < -0.39 is 0 Å². The van der Waals surface area contributed by atoms with Gasteiger partial charge in [0.25, 0.3) is 0 Å². The van der Waals surface area contributed by atoms with E-state index in [-0.39, 0.29) is 18.3 Å². The first-order valence-corrected chi connectivity index (χ1v) is 7.38. The van der Waals surface area contributed by atoms with Crippen LogP contribution in [-0.2, 0) is 16.1 Å². The fraction of sp³-hybridized carbons (Fsp3) is 0.562. The number of nitrogens with one attached hydrogen (secondary N) is 2. The van der Waals surface area contributed by atoms with Crippen molar-refractivity contribution in [3.05, 3.63) is 29.3 Å². The number of hydrogen-bond donors (Lipinski definition) is 2. The normalized spacial score (nSPS) is 9.95. The van der Waals surface area contributed by atoms with Gasteiger partial charge in [-0.05, 0) is 32.5 Å². The fourth-order valence-corrected chi connectivity index (χ4v) is 1.82. The van der Waals surface area contributed by atoms with Gasteiger partial charge in [0, 0.05) is 31.7 Å². The Morgan fingerprint density at radius 2 is 2.05 bits per heavy atom. The minimum Gasteiger partial charge on any atom is -0.491 e. The number of carbonyl (C=O) groups is 1. The summed E-state index contributed by atoms with van der Waals surface area (Å²) in [5, 5.41) is 5.86. The monoisotopic (exact) mass is 330 g/mol. The van der Waals surface area contributed by atoms with Crippen molar-refractivity contribution in [3.8, 4) is 5.75 Å². The molecule has 0 aliphatic rings. The first kappa shape index (κ1) is 20.7. The number of carbonyl (C=O) groups excluding carboxylic acids is 1. The van der Waals surface area contributed by atoms with Crippen LogP contribution in [-0.4, -0.2) is 39.3 Å². The Morgan fingerprint density at radius 1 is 1.27 bits per heavy atom. The Hall–Kier alpha value is -1.30. The summed E-state index contributed by atoms with van der Waals surface area (Å²) in [7, 11) is 1.83. The summed E-state index contributed by atoms with van der Waals surface area (Å²) in [6.45, 7) is 6.90. The Bertz CT molecular complexity index is 441. The lowest BCUT2D eigenvalue weighted by Gasteiger charge is -2.13. The molecule has 22 heavy (non-hydrogen) atoms. The summed E-state index contributed by atoms with van der Waals surface area (Å²) in [6.07, 6.45) is 0.475. The van der Waals surface area contributed by atoms with Crippen LogP contribution in [0.3, 0.4) is 0 Å². The molecule has 0 bridgehead atoms. The van der Waals surface area contributed by atoms with Crippen molar-refractivity contribution in [2.75, 3.05) is 33.4 Å². The summed E-state index contributed by atoms with van der Waals surface area (Å²) >= 11 is 0. The summed E-state index contributed by atoms with van der Waals surface area (Å²) < 4.78 is 11.0. The predicted octanol–water partition coefficient (Wildman–Crippen LogP) is 2.06. The highest BCUT2D eigenvalue weighted by molar-refractivity contribution is 5.85. The summed E-state index contributed by atoms with van der Waals surface area (Å²) in [6, 6.07) is 6.00. The van der Waals surface area contributed by atoms with Crippen molar-refractivity contribution in [1.82, 2.24) is 10.6 Å². The van der Waals surface area contributed by atoms with Crippen LogP contribution < -0.4 is 15.4 Å². The van der Waals surface area contributed by atoms with E-state index in [0.29, 0.717) is 39.3 Å². The van der Waals surface area contributed by atoms with Crippen molar-refractivity contribution in [2.24, 2.45) is 0 Å². The van der Waals surface area contributed by atoms with Crippen LogP contribution in [0, 0.1) is 6.92 Å². The van der Waals surface area contributed by atoms with Crippen LogP contribution in [0.5, 0.6) is 5.75 Å². The SMILES string of the molecule is CCOCCOc1cc(C)ccc1CNC(=O)CCNC.Cl. The third-order valence-corrected chi connectivity index (χ3v) is 2.99. The molecule has 0 aliphatic heterocycles. The molecule has 0 heterocycles. The maximum absolute atomic E-state index is 11.6. The van der Waals surface area contributed by atoms with Crippen molar-refractivity contribution in [3.63, 3.8) is 0 Å². The largest absolute Gasteiger partial charge is 0.491 e. The highest BCUT2D eigenvalue weighted by atomic mass is 35.5. The lowest BCUT2D eigenvalue weighted by molar-refractivity contribution is -0.121. The van der Waals surface area contributed by atoms with Crippen LogP contribution in [0.25, 0.3) is 0 Å². The molecule has 0 saturated heterocycles. The highest BCUT2D eigenvalue weighted by Crippen LogP contribution is 2.20. The van der Waals surface area contributed by atoms with Crippen LogP contribution >= 0.6 is 12.4 Å². The molecule has 0 fully saturated rings. The molecule has 1 amide bonds. The van der Waals surface area contributed by atoms with Crippen LogP contribution in [0.2, 0.25) is 0 Å². The van der Waals surface area contributed by atoms with E-state index >= 15 is 0 Å². The first-order chi connectivity index (χ1) is 10.2. The molecule has 2 N–H and O–H groups in total. The van der Waals surface area contributed by atoms with Crippen molar-refractivity contribution in [1.29, 1.82) is 0 Å². The highest BCUT2D eigenvalue weighted by Gasteiger charge is 2.06. The van der Waals surface area contributed by atoms with Gasteiger partial charge in [-0.25, -0.2) is 0 Å². The van der Waals surface area contributed by atoms with E-state index in [1.165, 1.54) is 0 Å². The van der Waals surface area contributed by atoms with Gasteiger partial charge in [0.1, 0.15) is 12.4 Å². The molecule has 5 nitrogen and oxygen atoms in total. The topological polar surface area (TPSA) is 59.6 Å². The standard InChI is InChI=1S/C16H26N2O3.ClH/c1-4-20-9-10-21-15-11-13(2)5-6-14(15)12-18-16(19)7-8-17-3;/h5-6,11,17H,4,7-10,12H2,1-3H3,(H,18,19);1H. The molecule has 126 valence electrons. The van der Waals surface area contributed by atoms with Gasteiger partial charge < -0.3 is 20.1 Å². The predicted molar refractivity (Wildman–Crippen MR) is 90.8 cm³/mol. The van der Waals surface area contributed by atoms with Crippen molar-refractivity contribution >= 4 is 18.3 Å².